The number of aromatic nitrogens is 1. The third kappa shape index (κ3) is 6.25. The lowest BCUT2D eigenvalue weighted by Crippen LogP contribution is -2.60. The molecular weight excluding hydrogens is 874 g/mol. The Kier molecular flexibility index (Phi) is 9.26. The van der Waals surface area contributed by atoms with Gasteiger partial charge in [-0.1, -0.05) is 173 Å². The monoisotopic (exact) mass is 938 g/mol. The quantitative estimate of drug-likeness (QED) is 0.164. The lowest BCUT2D eigenvalue weighted by atomic mass is 9.33. The Balaban J connectivity index is 1.16. The summed E-state index contributed by atoms with van der Waals surface area (Å²) in [4.78, 5) is 5.14. The zero-order chi connectivity index (χ0) is 50.1. The molecule has 13 rings (SSSR count). The third-order valence-corrected chi connectivity index (χ3v) is 16.6. The van der Waals surface area contributed by atoms with E-state index < -0.39 is 0 Å². The van der Waals surface area contributed by atoms with Crippen LogP contribution < -0.4 is 26.2 Å². The molecule has 0 amide bonds. The van der Waals surface area contributed by atoms with Gasteiger partial charge in [-0.15, -0.1) is 0 Å². The van der Waals surface area contributed by atoms with Crippen LogP contribution in [0, 0.1) is 13.8 Å². The van der Waals surface area contributed by atoms with Crippen LogP contribution in [0.2, 0.25) is 0 Å². The van der Waals surface area contributed by atoms with Crippen LogP contribution in [0.3, 0.4) is 0 Å². The van der Waals surface area contributed by atoms with Crippen LogP contribution in [-0.2, 0) is 21.7 Å². The average molecular weight is 938 g/mol. The highest BCUT2D eigenvalue weighted by Gasteiger charge is 2.48. The zero-order valence-electron chi connectivity index (χ0n) is 44.3. The van der Waals surface area contributed by atoms with Gasteiger partial charge in [-0.25, -0.2) is 0 Å². The first-order valence-corrected chi connectivity index (χ1v) is 26.0. The van der Waals surface area contributed by atoms with Crippen molar-refractivity contribution in [3.05, 3.63) is 191 Å². The van der Waals surface area contributed by atoms with E-state index in [1.165, 1.54) is 106 Å². The summed E-state index contributed by atoms with van der Waals surface area (Å²) in [6.07, 6.45) is 0. The average Bonchev–Trinajstić information content (AvgIpc) is 3.97. The first-order valence-electron chi connectivity index (χ1n) is 26.0. The number of anilines is 6. The molecule has 4 heterocycles. The maximum absolute atomic E-state index is 6.73. The fourth-order valence-corrected chi connectivity index (χ4v) is 12.9. The van der Waals surface area contributed by atoms with E-state index in [-0.39, 0.29) is 28.4 Å². The molecule has 1 aliphatic carbocycles. The van der Waals surface area contributed by atoms with E-state index in [2.05, 4.69) is 256 Å². The molecule has 2 aromatic heterocycles. The lowest BCUT2D eigenvalue weighted by Gasteiger charge is -2.43. The van der Waals surface area contributed by atoms with Crippen molar-refractivity contribution in [3.8, 4) is 16.8 Å². The Morgan fingerprint density at radius 2 is 1.12 bits per heavy atom. The zero-order valence-corrected chi connectivity index (χ0v) is 44.3. The summed E-state index contributed by atoms with van der Waals surface area (Å²) in [6, 6.07) is 58.1. The molecule has 72 heavy (non-hydrogen) atoms. The van der Waals surface area contributed by atoms with E-state index in [0.717, 1.165) is 33.3 Å². The molecule has 3 aliphatic rings. The molecule has 8 aromatic carbocycles. The van der Waals surface area contributed by atoms with Gasteiger partial charge in [-0.2, -0.15) is 0 Å². The topological polar surface area (TPSA) is 24.6 Å². The van der Waals surface area contributed by atoms with Gasteiger partial charge in [-0.3, -0.25) is 0 Å². The van der Waals surface area contributed by atoms with E-state index in [1.54, 1.807) is 0 Å². The van der Waals surface area contributed by atoms with Crippen LogP contribution in [0.25, 0.3) is 49.7 Å². The van der Waals surface area contributed by atoms with Crippen LogP contribution >= 0.6 is 0 Å². The second kappa shape index (κ2) is 14.9. The van der Waals surface area contributed by atoms with Crippen molar-refractivity contribution in [2.24, 2.45) is 0 Å². The van der Waals surface area contributed by atoms with Crippen molar-refractivity contribution < 1.29 is 4.42 Å². The van der Waals surface area contributed by atoms with E-state index in [4.69, 9.17) is 4.42 Å². The molecule has 10 aromatic rings. The highest BCUT2D eigenvalue weighted by Crippen LogP contribution is 2.55. The molecule has 5 heteroatoms. The molecule has 0 fully saturated rings. The van der Waals surface area contributed by atoms with Gasteiger partial charge in [0.15, 0.2) is 0 Å². The number of nitrogens with zero attached hydrogens (tertiary/aromatic N) is 3. The van der Waals surface area contributed by atoms with Gasteiger partial charge < -0.3 is 18.8 Å². The van der Waals surface area contributed by atoms with Crippen molar-refractivity contribution in [3.63, 3.8) is 0 Å². The van der Waals surface area contributed by atoms with Crippen LogP contribution in [-0.4, -0.2) is 11.3 Å². The predicted octanol–water partition coefficient (Wildman–Crippen LogP) is 16.4. The summed E-state index contributed by atoms with van der Waals surface area (Å²) < 4.78 is 9.43. The van der Waals surface area contributed by atoms with E-state index in [9.17, 15) is 0 Å². The summed E-state index contributed by atoms with van der Waals surface area (Å²) in [5, 5.41) is 3.57. The van der Waals surface area contributed by atoms with Crippen LogP contribution in [0.5, 0.6) is 0 Å². The standard InChI is InChI=1S/C67H64BN3O/c1-39-34-41(64(3,4)5)28-32-51(39)69(52-33-29-42(35-40(52)2)65(6,7)8)44-30-31-49-54(38-44)70(53-25-19-27-58-60(53)46-21-15-17-26-57(46)72-58)55-36-43(66(9,10)11)37-56-61(55)68(49)50-24-18-22-47-59-45-20-14-16-23-48(45)67(12,13)63(59)71(56)62(47)50/h14-38H,1-13H3. The van der Waals surface area contributed by atoms with Crippen LogP contribution in [0.4, 0.5) is 34.1 Å². The molecule has 0 unspecified atom stereocenters. The lowest BCUT2D eigenvalue weighted by molar-refractivity contribution is 0.589. The molecule has 0 bridgehead atoms. The minimum Gasteiger partial charge on any atom is -0.456 e. The molecule has 0 saturated heterocycles. The minimum absolute atomic E-state index is 0.0170. The van der Waals surface area contributed by atoms with E-state index in [1.807, 2.05) is 0 Å². The van der Waals surface area contributed by atoms with Gasteiger partial charge in [0.05, 0.1) is 11.1 Å². The molecule has 0 spiro atoms. The molecular formula is C67H64BN3O. The van der Waals surface area contributed by atoms with Gasteiger partial charge in [0, 0.05) is 67.1 Å². The summed E-state index contributed by atoms with van der Waals surface area (Å²) in [5.74, 6) is 0. The molecule has 356 valence electrons. The Hall–Kier alpha value is -7.24. The third-order valence-electron chi connectivity index (χ3n) is 16.6. The number of aryl methyl sites for hydroxylation is 2. The van der Waals surface area contributed by atoms with Crippen molar-refractivity contribution in [2.45, 2.75) is 112 Å². The second-order valence-electron chi connectivity index (χ2n) is 24.7. The first kappa shape index (κ1) is 44.7. The predicted molar refractivity (Wildman–Crippen MR) is 308 cm³/mol. The summed E-state index contributed by atoms with van der Waals surface area (Å²) >= 11 is 0. The van der Waals surface area contributed by atoms with E-state index >= 15 is 0 Å². The largest absolute Gasteiger partial charge is 0.456 e. The fraction of sp³-hybridized carbons (Fsp3) is 0.254. The number of para-hydroxylation sites is 2. The molecule has 0 atom stereocenters. The Bertz CT molecular complexity index is 3890. The maximum Gasteiger partial charge on any atom is 0.252 e. The Morgan fingerprint density at radius 1 is 0.514 bits per heavy atom. The minimum atomic E-state index is -0.224. The summed E-state index contributed by atoms with van der Waals surface area (Å²) in [5.41, 5.74) is 26.9. The number of hydrogen-bond donors (Lipinski definition) is 0. The van der Waals surface area contributed by atoms with Crippen molar-refractivity contribution in [2.75, 3.05) is 9.80 Å². The highest BCUT2D eigenvalue weighted by atomic mass is 16.3. The van der Waals surface area contributed by atoms with Gasteiger partial charge in [0.1, 0.15) is 11.2 Å². The van der Waals surface area contributed by atoms with Gasteiger partial charge in [0.2, 0.25) is 0 Å². The van der Waals surface area contributed by atoms with Crippen molar-refractivity contribution in [1.29, 1.82) is 0 Å². The first-order chi connectivity index (χ1) is 34.2. The van der Waals surface area contributed by atoms with Crippen molar-refractivity contribution >= 4 is 90.1 Å². The van der Waals surface area contributed by atoms with Gasteiger partial charge >= 0.3 is 0 Å². The van der Waals surface area contributed by atoms with Crippen LogP contribution in [0.15, 0.2) is 156 Å². The Labute approximate surface area is 426 Å². The number of benzene rings is 8. The molecule has 2 aliphatic heterocycles. The second-order valence-corrected chi connectivity index (χ2v) is 24.7. The molecule has 0 radical (unpaired) electrons. The number of fused-ring (bicyclic) bond motifs is 12. The fourth-order valence-electron chi connectivity index (χ4n) is 12.9. The highest BCUT2D eigenvalue weighted by molar-refractivity contribution is 7.00. The number of hydrogen-bond acceptors (Lipinski definition) is 3. The summed E-state index contributed by atoms with van der Waals surface area (Å²) in [6.45, 7) is 30.4. The Morgan fingerprint density at radius 3 is 1.81 bits per heavy atom. The molecule has 0 N–H and O–H groups in total. The van der Waals surface area contributed by atoms with E-state index in [0.29, 0.717) is 0 Å². The number of rotatable bonds is 4. The normalized spacial score (nSPS) is 14.5. The SMILES string of the molecule is Cc1cc(C(C)(C)C)ccc1N(c1ccc2c(c1)N(c1cccc3oc4ccccc4c13)c1cc(C(C)(C)C)cc3c1B2c1cccc2c4c(n-3c12)C(C)(C)c1ccccc1-4)c1ccc(C(C)(C)C)cc1C. The molecule has 4 nitrogen and oxygen atoms in total. The van der Waals surface area contributed by atoms with Gasteiger partial charge in [0.25, 0.3) is 6.71 Å². The maximum atomic E-state index is 6.73. The van der Waals surface area contributed by atoms with Gasteiger partial charge in [-0.05, 0) is 140 Å². The van der Waals surface area contributed by atoms with Crippen molar-refractivity contribution in [1.82, 2.24) is 4.57 Å². The smallest absolute Gasteiger partial charge is 0.252 e. The summed E-state index contributed by atoms with van der Waals surface area (Å²) in [7, 11) is 0. The number of furan rings is 1. The molecule has 0 saturated carbocycles. The van der Waals surface area contributed by atoms with Crippen LogP contribution in [0.1, 0.15) is 115 Å².